The number of ether oxygens (including phenoxy) is 1. The summed E-state index contributed by atoms with van der Waals surface area (Å²) in [6, 6.07) is 5.99. The maximum atomic E-state index is 13.7. The van der Waals surface area contributed by atoms with Crippen molar-refractivity contribution in [1.82, 2.24) is 0 Å². The molecule has 1 aromatic rings. The second-order valence-corrected chi connectivity index (χ2v) is 4.62. The molecule has 3 nitrogen and oxygen atoms in total. The van der Waals surface area contributed by atoms with Crippen molar-refractivity contribution < 1.29 is 14.2 Å². The first-order valence-corrected chi connectivity index (χ1v) is 6.25. The Morgan fingerprint density at radius 2 is 2.06 bits per heavy atom. The molecule has 0 heterocycles. The normalized spacial score (nSPS) is 24.1. The van der Waals surface area contributed by atoms with Crippen LogP contribution in [0.5, 0.6) is 5.75 Å². The van der Waals surface area contributed by atoms with Crippen molar-refractivity contribution in [2.45, 2.75) is 44.3 Å². The first kappa shape index (κ1) is 12.8. The third-order valence-electron chi connectivity index (χ3n) is 3.26. The van der Waals surface area contributed by atoms with Crippen LogP contribution in [0.2, 0.25) is 0 Å². The largest absolute Gasteiger partial charge is 0.485 e. The van der Waals surface area contributed by atoms with E-state index in [0.29, 0.717) is 6.42 Å². The van der Waals surface area contributed by atoms with E-state index >= 15 is 0 Å². The summed E-state index contributed by atoms with van der Waals surface area (Å²) >= 11 is 0. The Morgan fingerprint density at radius 3 is 2.78 bits per heavy atom. The van der Waals surface area contributed by atoms with Crippen molar-refractivity contribution in [3.8, 4) is 11.8 Å². The number of aliphatic hydroxyl groups excluding tert-OH is 1. The number of hydrogen-bond donors (Lipinski definition) is 1. The highest BCUT2D eigenvalue weighted by molar-refractivity contribution is 5.36. The summed E-state index contributed by atoms with van der Waals surface area (Å²) in [5.74, 6) is -0.439. The first-order valence-electron chi connectivity index (χ1n) is 6.25. The molecule has 0 aromatic heterocycles. The van der Waals surface area contributed by atoms with Gasteiger partial charge in [-0.15, -0.1) is 0 Å². The molecule has 1 aliphatic carbocycles. The fourth-order valence-electron chi connectivity index (χ4n) is 2.22. The molecular weight excluding hydrogens is 233 g/mol. The zero-order valence-corrected chi connectivity index (χ0v) is 10.1. The molecule has 0 spiro atoms. The molecule has 0 aliphatic heterocycles. The number of hydrogen-bond acceptors (Lipinski definition) is 3. The van der Waals surface area contributed by atoms with Crippen molar-refractivity contribution >= 4 is 0 Å². The Kier molecular flexibility index (Phi) is 4.16. The fourth-order valence-corrected chi connectivity index (χ4v) is 2.22. The Balaban J connectivity index is 2.10. The van der Waals surface area contributed by atoms with Crippen LogP contribution in [-0.4, -0.2) is 17.3 Å². The van der Waals surface area contributed by atoms with Gasteiger partial charge in [-0.05, 0) is 37.5 Å². The van der Waals surface area contributed by atoms with Gasteiger partial charge in [0.25, 0.3) is 0 Å². The molecule has 0 saturated heterocycles. The summed E-state index contributed by atoms with van der Waals surface area (Å²) in [6.45, 7) is 0. The predicted octanol–water partition coefficient (Wildman–Crippen LogP) is 2.77. The van der Waals surface area contributed by atoms with Gasteiger partial charge in [0, 0.05) is 0 Å². The quantitative estimate of drug-likeness (QED) is 0.820. The van der Waals surface area contributed by atoms with Crippen molar-refractivity contribution in [2.75, 3.05) is 0 Å². The van der Waals surface area contributed by atoms with Gasteiger partial charge >= 0.3 is 0 Å². The van der Waals surface area contributed by atoms with Crippen LogP contribution in [0, 0.1) is 17.1 Å². The van der Waals surface area contributed by atoms with E-state index in [9.17, 15) is 9.50 Å². The molecule has 0 radical (unpaired) electrons. The monoisotopic (exact) mass is 249 g/mol. The summed E-state index contributed by atoms with van der Waals surface area (Å²) in [5.41, 5.74) is 0.265. The molecule has 2 unspecified atom stereocenters. The van der Waals surface area contributed by atoms with Crippen molar-refractivity contribution in [3.63, 3.8) is 0 Å². The van der Waals surface area contributed by atoms with Gasteiger partial charge in [0.15, 0.2) is 11.6 Å². The molecule has 0 amide bonds. The molecule has 1 saturated carbocycles. The zero-order valence-electron chi connectivity index (χ0n) is 10.1. The Hall–Kier alpha value is -1.60. The molecular formula is C14H16FNO2. The molecule has 1 aliphatic rings. The maximum Gasteiger partial charge on any atom is 0.166 e. The minimum Gasteiger partial charge on any atom is -0.485 e. The van der Waals surface area contributed by atoms with Gasteiger partial charge < -0.3 is 9.84 Å². The van der Waals surface area contributed by atoms with Crippen LogP contribution in [0.3, 0.4) is 0 Å². The standard InChI is InChI=1S/C14H16FNO2/c15-11-8-10(9-16)6-7-13(11)18-14-5-3-1-2-4-12(14)17/h6-8,12,14,17H,1-5H2. The topological polar surface area (TPSA) is 53.2 Å². The second-order valence-electron chi connectivity index (χ2n) is 4.62. The molecule has 4 heteroatoms. The maximum absolute atomic E-state index is 13.7. The molecule has 96 valence electrons. The third-order valence-corrected chi connectivity index (χ3v) is 3.26. The molecule has 1 N–H and O–H groups in total. The van der Waals surface area contributed by atoms with Crippen molar-refractivity contribution in [2.24, 2.45) is 0 Å². The lowest BCUT2D eigenvalue weighted by Gasteiger charge is -2.22. The van der Waals surface area contributed by atoms with Crippen LogP contribution >= 0.6 is 0 Å². The predicted molar refractivity (Wildman–Crippen MR) is 64.6 cm³/mol. The van der Waals surface area contributed by atoms with Gasteiger partial charge in [0.1, 0.15) is 6.10 Å². The van der Waals surface area contributed by atoms with Gasteiger partial charge in [-0.3, -0.25) is 0 Å². The summed E-state index contributed by atoms with van der Waals surface area (Å²) in [6.07, 6.45) is 3.59. The average Bonchev–Trinajstić information content (AvgIpc) is 2.57. The lowest BCUT2D eigenvalue weighted by Crippen LogP contribution is -2.30. The van der Waals surface area contributed by atoms with E-state index < -0.39 is 11.9 Å². The number of rotatable bonds is 2. The number of benzene rings is 1. The van der Waals surface area contributed by atoms with Crippen molar-refractivity contribution in [3.05, 3.63) is 29.6 Å². The van der Waals surface area contributed by atoms with Gasteiger partial charge in [-0.1, -0.05) is 12.8 Å². The van der Waals surface area contributed by atoms with Crippen LogP contribution in [0.4, 0.5) is 4.39 Å². The van der Waals surface area contributed by atoms with E-state index in [1.165, 1.54) is 12.1 Å². The minimum atomic E-state index is -0.550. The van der Waals surface area contributed by atoms with Crippen LogP contribution in [-0.2, 0) is 0 Å². The molecule has 0 bridgehead atoms. The lowest BCUT2D eigenvalue weighted by atomic mass is 10.1. The number of aliphatic hydroxyl groups is 1. The van der Waals surface area contributed by atoms with Crippen molar-refractivity contribution in [1.29, 1.82) is 5.26 Å². The smallest absolute Gasteiger partial charge is 0.166 e. The van der Waals surface area contributed by atoms with Gasteiger partial charge in [-0.25, -0.2) is 4.39 Å². The van der Waals surface area contributed by atoms with E-state index in [4.69, 9.17) is 10.00 Å². The van der Waals surface area contributed by atoms with Crippen LogP contribution in [0.1, 0.15) is 37.7 Å². The number of nitrogens with zero attached hydrogens (tertiary/aromatic N) is 1. The first-order chi connectivity index (χ1) is 8.70. The fraction of sp³-hybridized carbons (Fsp3) is 0.500. The highest BCUT2D eigenvalue weighted by Gasteiger charge is 2.24. The number of nitriles is 1. The number of halogens is 1. The molecule has 2 atom stereocenters. The zero-order chi connectivity index (χ0) is 13.0. The van der Waals surface area contributed by atoms with E-state index in [0.717, 1.165) is 31.7 Å². The molecule has 18 heavy (non-hydrogen) atoms. The minimum absolute atomic E-state index is 0.111. The van der Waals surface area contributed by atoms with Gasteiger partial charge in [0.05, 0.1) is 17.7 Å². The summed E-state index contributed by atoms with van der Waals surface area (Å²) in [4.78, 5) is 0. The molecule has 2 rings (SSSR count). The Labute approximate surface area is 106 Å². The highest BCUT2D eigenvalue weighted by atomic mass is 19.1. The van der Waals surface area contributed by atoms with E-state index in [1.54, 1.807) is 0 Å². The highest BCUT2D eigenvalue weighted by Crippen LogP contribution is 2.25. The third kappa shape index (κ3) is 2.99. The van der Waals surface area contributed by atoms with E-state index in [-0.39, 0.29) is 17.4 Å². The molecule has 1 aromatic carbocycles. The van der Waals surface area contributed by atoms with E-state index in [1.807, 2.05) is 6.07 Å². The van der Waals surface area contributed by atoms with E-state index in [2.05, 4.69) is 0 Å². The summed E-state index contributed by atoms with van der Waals surface area (Å²) in [5, 5.41) is 18.6. The van der Waals surface area contributed by atoms with Gasteiger partial charge in [-0.2, -0.15) is 5.26 Å². The SMILES string of the molecule is N#Cc1ccc(OC2CCCCCC2O)c(F)c1. The summed E-state index contributed by atoms with van der Waals surface area (Å²) in [7, 11) is 0. The lowest BCUT2D eigenvalue weighted by molar-refractivity contribution is 0.0298. The van der Waals surface area contributed by atoms with Crippen LogP contribution < -0.4 is 4.74 Å². The Morgan fingerprint density at radius 1 is 1.28 bits per heavy atom. The van der Waals surface area contributed by atoms with Gasteiger partial charge in [0.2, 0.25) is 0 Å². The summed E-state index contributed by atoms with van der Waals surface area (Å²) < 4.78 is 19.2. The molecule has 1 fully saturated rings. The van der Waals surface area contributed by atoms with Crippen LogP contribution in [0.25, 0.3) is 0 Å². The van der Waals surface area contributed by atoms with Crippen LogP contribution in [0.15, 0.2) is 18.2 Å². The Bertz CT molecular complexity index is 456. The average molecular weight is 249 g/mol. The second kappa shape index (κ2) is 5.83.